The molecule has 3 nitrogen and oxygen atoms in total. The molecule has 0 atom stereocenters. The number of nitrogens with one attached hydrogen (secondary N) is 1. The zero-order valence-corrected chi connectivity index (χ0v) is 11.6. The van der Waals surface area contributed by atoms with Crippen molar-refractivity contribution in [2.24, 2.45) is 5.92 Å². The van der Waals surface area contributed by atoms with Gasteiger partial charge in [0.25, 0.3) is 0 Å². The molecule has 0 fully saturated rings. The van der Waals surface area contributed by atoms with Crippen LogP contribution in [-0.2, 0) is 4.79 Å². The van der Waals surface area contributed by atoms with Crippen LogP contribution in [-0.4, -0.2) is 5.91 Å². The molecule has 2 aromatic carbocycles. The fourth-order valence-corrected chi connectivity index (χ4v) is 2.39. The number of carbonyl (C=O) groups excluding carboxylic acids is 1. The SMILES string of the molecule is CC(C)CC(=O)Nc1ccc2oc3ccccc3c2c1. The summed E-state index contributed by atoms with van der Waals surface area (Å²) in [5.41, 5.74) is 2.52. The van der Waals surface area contributed by atoms with Gasteiger partial charge in [0.05, 0.1) is 0 Å². The molecule has 20 heavy (non-hydrogen) atoms. The van der Waals surface area contributed by atoms with Crippen LogP contribution in [0.15, 0.2) is 46.9 Å². The van der Waals surface area contributed by atoms with Crippen LogP contribution < -0.4 is 5.32 Å². The highest BCUT2D eigenvalue weighted by molar-refractivity contribution is 6.06. The second kappa shape index (κ2) is 5.00. The van der Waals surface area contributed by atoms with E-state index in [1.165, 1.54) is 0 Å². The van der Waals surface area contributed by atoms with Gasteiger partial charge in [0.1, 0.15) is 11.2 Å². The molecule has 102 valence electrons. The molecule has 1 N–H and O–H groups in total. The van der Waals surface area contributed by atoms with Gasteiger partial charge in [-0.2, -0.15) is 0 Å². The van der Waals surface area contributed by atoms with E-state index in [1.54, 1.807) is 0 Å². The van der Waals surface area contributed by atoms with Crippen molar-refractivity contribution < 1.29 is 9.21 Å². The summed E-state index contributed by atoms with van der Waals surface area (Å²) in [5, 5.41) is 5.04. The standard InChI is InChI=1S/C17H17NO2/c1-11(2)9-17(19)18-12-7-8-16-14(10-12)13-5-3-4-6-15(13)20-16/h3-8,10-11H,9H2,1-2H3,(H,18,19). The van der Waals surface area contributed by atoms with Crippen molar-refractivity contribution in [1.29, 1.82) is 0 Å². The van der Waals surface area contributed by atoms with Crippen molar-refractivity contribution >= 4 is 33.5 Å². The summed E-state index contributed by atoms with van der Waals surface area (Å²) in [5.74, 6) is 0.403. The first-order chi connectivity index (χ1) is 9.63. The maximum absolute atomic E-state index is 11.8. The minimum Gasteiger partial charge on any atom is -0.456 e. The second-order valence-corrected chi connectivity index (χ2v) is 5.46. The lowest BCUT2D eigenvalue weighted by molar-refractivity contribution is -0.116. The third-order valence-corrected chi connectivity index (χ3v) is 3.25. The van der Waals surface area contributed by atoms with Crippen LogP contribution in [0.1, 0.15) is 20.3 Å². The Bertz CT molecular complexity index is 771. The maximum Gasteiger partial charge on any atom is 0.224 e. The van der Waals surface area contributed by atoms with E-state index in [0.717, 1.165) is 27.6 Å². The number of hydrogen-bond donors (Lipinski definition) is 1. The molecule has 0 spiro atoms. The van der Waals surface area contributed by atoms with Crippen LogP contribution in [0, 0.1) is 5.92 Å². The van der Waals surface area contributed by atoms with Crippen LogP contribution in [0.5, 0.6) is 0 Å². The molecule has 3 rings (SSSR count). The zero-order chi connectivity index (χ0) is 14.1. The first-order valence-corrected chi connectivity index (χ1v) is 6.84. The van der Waals surface area contributed by atoms with Crippen molar-refractivity contribution in [3.05, 3.63) is 42.5 Å². The monoisotopic (exact) mass is 267 g/mol. The average Bonchev–Trinajstić information content (AvgIpc) is 2.76. The van der Waals surface area contributed by atoms with E-state index in [2.05, 4.69) is 5.32 Å². The van der Waals surface area contributed by atoms with Crippen molar-refractivity contribution in [3.63, 3.8) is 0 Å². The molecular weight excluding hydrogens is 250 g/mol. The predicted molar refractivity (Wildman–Crippen MR) is 81.8 cm³/mol. The smallest absolute Gasteiger partial charge is 0.224 e. The van der Waals surface area contributed by atoms with Crippen LogP contribution in [0.3, 0.4) is 0 Å². The number of furan rings is 1. The number of benzene rings is 2. The van der Waals surface area contributed by atoms with Gasteiger partial charge in [0.2, 0.25) is 5.91 Å². The van der Waals surface area contributed by atoms with E-state index < -0.39 is 0 Å². The van der Waals surface area contributed by atoms with Crippen LogP contribution in [0.2, 0.25) is 0 Å². The third-order valence-electron chi connectivity index (χ3n) is 3.25. The van der Waals surface area contributed by atoms with Gasteiger partial charge < -0.3 is 9.73 Å². The van der Waals surface area contributed by atoms with Crippen LogP contribution >= 0.6 is 0 Å². The number of rotatable bonds is 3. The lowest BCUT2D eigenvalue weighted by atomic mass is 10.1. The molecule has 3 aromatic rings. The highest BCUT2D eigenvalue weighted by Crippen LogP contribution is 2.30. The van der Waals surface area contributed by atoms with Crippen molar-refractivity contribution in [2.75, 3.05) is 5.32 Å². The maximum atomic E-state index is 11.8. The molecule has 1 amide bonds. The molecule has 0 unspecified atom stereocenters. The van der Waals surface area contributed by atoms with Gasteiger partial charge in [-0.05, 0) is 30.2 Å². The van der Waals surface area contributed by atoms with E-state index in [4.69, 9.17) is 4.42 Å². The summed E-state index contributed by atoms with van der Waals surface area (Å²) in [7, 11) is 0. The van der Waals surface area contributed by atoms with Crippen molar-refractivity contribution in [1.82, 2.24) is 0 Å². The molecule has 0 saturated carbocycles. The Labute approximate surface area is 117 Å². The van der Waals surface area contributed by atoms with Gasteiger partial charge in [0.15, 0.2) is 0 Å². The number of amides is 1. The van der Waals surface area contributed by atoms with Gasteiger partial charge in [-0.3, -0.25) is 4.79 Å². The van der Waals surface area contributed by atoms with Crippen molar-refractivity contribution in [3.8, 4) is 0 Å². The Kier molecular flexibility index (Phi) is 3.18. The number of fused-ring (bicyclic) bond motifs is 3. The zero-order valence-electron chi connectivity index (χ0n) is 11.6. The van der Waals surface area contributed by atoms with E-state index >= 15 is 0 Å². The molecule has 0 aliphatic heterocycles. The summed E-state index contributed by atoms with van der Waals surface area (Å²) in [6, 6.07) is 13.7. The number of carbonyl (C=O) groups is 1. The van der Waals surface area contributed by atoms with Crippen LogP contribution in [0.4, 0.5) is 5.69 Å². The topological polar surface area (TPSA) is 42.2 Å². The van der Waals surface area contributed by atoms with Gasteiger partial charge in [-0.25, -0.2) is 0 Å². The lowest BCUT2D eigenvalue weighted by Crippen LogP contribution is -2.13. The van der Waals surface area contributed by atoms with E-state index in [9.17, 15) is 4.79 Å². The Morgan fingerprint density at radius 3 is 2.65 bits per heavy atom. The van der Waals surface area contributed by atoms with E-state index in [-0.39, 0.29) is 5.91 Å². The van der Waals surface area contributed by atoms with Gasteiger partial charge in [-0.15, -0.1) is 0 Å². The minimum atomic E-state index is 0.0483. The summed E-state index contributed by atoms with van der Waals surface area (Å²) in [4.78, 5) is 11.8. The molecule has 1 heterocycles. The Hall–Kier alpha value is -2.29. The van der Waals surface area contributed by atoms with Gasteiger partial charge in [-0.1, -0.05) is 32.0 Å². The largest absolute Gasteiger partial charge is 0.456 e. The summed E-state index contributed by atoms with van der Waals surface area (Å²) in [6.07, 6.45) is 0.532. The highest BCUT2D eigenvalue weighted by atomic mass is 16.3. The quantitative estimate of drug-likeness (QED) is 0.755. The third kappa shape index (κ3) is 2.39. The molecule has 0 aliphatic carbocycles. The molecule has 0 aliphatic rings. The molecule has 0 radical (unpaired) electrons. The fourth-order valence-electron chi connectivity index (χ4n) is 2.39. The van der Waals surface area contributed by atoms with Gasteiger partial charge >= 0.3 is 0 Å². The second-order valence-electron chi connectivity index (χ2n) is 5.46. The predicted octanol–water partition coefficient (Wildman–Crippen LogP) is 4.57. The lowest BCUT2D eigenvalue weighted by Gasteiger charge is -2.07. The first kappa shape index (κ1) is 12.7. The van der Waals surface area contributed by atoms with Gasteiger partial charge in [0, 0.05) is 22.9 Å². The normalized spacial score (nSPS) is 11.3. The Morgan fingerprint density at radius 2 is 1.85 bits per heavy atom. The van der Waals surface area contributed by atoms with E-state index in [0.29, 0.717) is 12.3 Å². The molecule has 0 saturated heterocycles. The molecular formula is C17H17NO2. The molecule has 3 heteroatoms. The number of anilines is 1. The summed E-state index contributed by atoms with van der Waals surface area (Å²) < 4.78 is 5.76. The average molecular weight is 267 g/mol. The van der Waals surface area contributed by atoms with Crippen LogP contribution in [0.25, 0.3) is 21.9 Å². The van der Waals surface area contributed by atoms with Crippen molar-refractivity contribution in [2.45, 2.75) is 20.3 Å². The molecule has 0 bridgehead atoms. The number of hydrogen-bond acceptors (Lipinski definition) is 2. The molecule has 1 aromatic heterocycles. The highest BCUT2D eigenvalue weighted by Gasteiger charge is 2.09. The number of para-hydroxylation sites is 1. The minimum absolute atomic E-state index is 0.0483. The van der Waals surface area contributed by atoms with E-state index in [1.807, 2.05) is 56.3 Å². The summed E-state index contributed by atoms with van der Waals surface area (Å²) >= 11 is 0. The Morgan fingerprint density at radius 1 is 1.10 bits per heavy atom. The Balaban J connectivity index is 1.97. The first-order valence-electron chi connectivity index (χ1n) is 6.84. The fraction of sp³-hybridized carbons (Fsp3) is 0.235. The summed E-state index contributed by atoms with van der Waals surface area (Å²) in [6.45, 7) is 4.07.